The minimum absolute atomic E-state index is 0.0627. The fourth-order valence-electron chi connectivity index (χ4n) is 1.61. The van der Waals surface area contributed by atoms with Gasteiger partial charge in [0, 0.05) is 17.3 Å². The maximum absolute atomic E-state index is 6.01. The Bertz CT molecular complexity index is 356. The summed E-state index contributed by atoms with van der Waals surface area (Å²) < 4.78 is 0. The second kappa shape index (κ2) is 3.79. The van der Waals surface area contributed by atoms with Crippen molar-refractivity contribution >= 4 is 11.6 Å². The molecular weight excluding hydrogens is 206 g/mol. The molecule has 0 fully saturated rings. The molecule has 0 bridgehead atoms. The monoisotopic (exact) mass is 225 g/mol. The average Bonchev–Trinajstić information content (AvgIpc) is 2.00. The van der Waals surface area contributed by atoms with Gasteiger partial charge in [-0.1, -0.05) is 53.1 Å². The van der Waals surface area contributed by atoms with Crippen LogP contribution in [0.3, 0.4) is 0 Å². The molecule has 0 aliphatic heterocycles. The Morgan fingerprint density at radius 2 is 1.53 bits per heavy atom. The van der Waals surface area contributed by atoms with Crippen molar-refractivity contribution in [3.63, 3.8) is 0 Å². The molecule has 0 N–H and O–H groups in total. The molecule has 1 nitrogen and oxygen atoms in total. The SMILES string of the molecule is CC(C)(C)c1cc(Cl)cnc1C(C)(C)C. The molecule has 0 unspecified atom stereocenters. The Morgan fingerprint density at radius 3 is 1.93 bits per heavy atom. The van der Waals surface area contributed by atoms with Gasteiger partial charge >= 0.3 is 0 Å². The number of nitrogens with zero attached hydrogens (tertiary/aromatic N) is 1. The van der Waals surface area contributed by atoms with Crippen molar-refractivity contribution in [1.29, 1.82) is 0 Å². The van der Waals surface area contributed by atoms with Gasteiger partial charge in [-0.25, -0.2) is 0 Å². The number of hydrogen-bond acceptors (Lipinski definition) is 1. The van der Waals surface area contributed by atoms with Gasteiger partial charge in [0.25, 0.3) is 0 Å². The predicted octanol–water partition coefficient (Wildman–Crippen LogP) is 4.33. The van der Waals surface area contributed by atoms with Crippen molar-refractivity contribution in [2.24, 2.45) is 0 Å². The number of aromatic nitrogens is 1. The molecule has 0 saturated carbocycles. The van der Waals surface area contributed by atoms with Crippen LogP contribution in [0.15, 0.2) is 12.3 Å². The summed E-state index contributed by atoms with van der Waals surface area (Å²) in [6.07, 6.45) is 1.73. The van der Waals surface area contributed by atoms with Gasteiger partial charge in [0.1, 0.15) is 0 Å². The molecule has 0 radical (unpaired) electrons. The molecule has 84 valence electrons. The Balaban J connectivity index is 3.41. The summed E-state index contributed by atoms with van der Waals surface area (Å²) in [6.45, 7) is 13.1. The van der Waals surface area contributed by atoms with Crippen LogP contribution >= 0.6 is 11.6 Å². The zero-order chi connectivity index (χ0) is 11.9. The summed E-state index contributed by atoms with van der Waals surface area (Å²) in [4.78, 5) is 4.48. The highest BCUT2D eigenvalue weighted by Crippen LogP contribution is 2.33. The lowest BCUT2D eigenvalue weighted by molar-refractivity contribution is 0.514. The molecule has 0 atom stereocenters. The molecule has 0 aromatic carbocycles. The van der Waals surface area contributed by atoms with Gasteiger partial charge in [0.05, 0.1) is 5.02 Å². The van der Waals surface area contributed by atoms with E-state index in [0.29, 0.717) is 5.02 Å². The Labute approximate surface area is 97.9 Å². The second-order valence-corrected chi connectivity index (χ2v) is 6.49. The summed E-state index contributed by atoms with van der Waals surface area (Å²) in [5.74, 6) is 0. The molecule has 0 aliphatic rings. The minimum Gasteiger partial charge on any atom is -0.259 e. The van der Waals surface area contributed by atoms with E-state index in [4.69, 9.17) is 11.6 Å². The third kappa shape index (κ3) is 2.94. The van der Waals surface area contributed by atoms with Gasteiger partial charge in [-0.05, 0) is 17.0 Å². The summed E-state index contributed by atoms with van der Waals surface area (Å²) in [7, 11) is 0. The molecule has 1 aromatic heterocycles. The molecule has 0 spiro atoms. The fourth-order valence-corrected chi connectivity index (χ4v) is 1.77. The van der Waals surface area contributed by atoms with Crippen molar-refractivity contribution in [2.75, 3.05) is 0 Å². The highest BCUT2D eigenvalue weighted by atomic mass is 35.5. The van der Waals surface area contributed by atoms with Crippen LogP contribution in [0.1, 0.15) is 52.8 Å². The van der Waals surface area contributed by atoms with Gasteiger partial charge in [0.15, 0.2) is 0 Å². The first-order valence-electron chi connectivity index (χ1n) is 5.29. The smallest absolute Gasteiger partial charge is 0.0592 e. The fraction of sp³-hybridized carbons (Fsp3) is 0.615. The lowest BCUT2D eigenvalue weighted by Gasteiger charge is -2.28. The van der Waals surface area contributed by atoms with E-state index in [1.165, 1.54) is 5.56 Å². The van der Waals surface area contributed by atoms with Crippen LogP contribution in [0, 0.1) is 0 Å². The van der Waals surface area contributed by atoms with Crippen LogP contribution in [0.2, 0.25) is 5.02 Å². The largest absolute Gasteiger partial charge is 0.259 e. The number of pyridine rings is 1. The molecule has 15 heavy (non-hydrogen) atoms. The van der Waals surface area contributed by atoms with E-state index in [1.54, 1.807) is 6.20 Å². The van der Waals surface area contributed by atoms with E-state index in [1.807, 2.05) is 6.07 Å². The molecule has 1 rings (SSSR count). The quantitative estimate of drug-likeness (QED) is 0.641. The normalized spacial score (nSPS) is 13.0. The van der Waals surface area contributed by atoms with E-state index in [2.05, 4.69) is 46.5 Å². The van der Waals surface area contributed by atoms with Crippen LogP contribution in [-0.4, -0.2) is 4.98 Å². The van der Waals surface area contributed by atoms with Crippen LogP contribution in [0.25, 0.3) is 0 Å². The van der Waals surface area contributed by atoms with Crippen LogP contribution < -0.4 is 0 Å². The zero-order valence-corrected chi connectivity index (χ0v) is 11.2. The Hall–Kier alpha value is -0.560. The first-order valence-corrected chi connectivity index (χ1v) is 5.66. The van der Waals surface area contributed by atoms with Crippen molar-refractivity contribution in [2.45, 2.75) is 52.4 Å². The van der Waals surface area contributed by atoms with Gasteiger partial charge in [0.2, 0.25) is 0 Å². The van der Waals surface area contributed by atoms with Crippen molar-refractivity contribution in [1.82, 2.24) is 4.98 Å². The minimum atomic E-state index is 0.0627. The number of halogens is 1. The zero-order valence-electron chi connectivity index (χ0n) is 10.5. The standard InChI is InChI=1S/C13H20ClN/c1-12(2,3)10-7-9(14)8-15-11(10)13(4,5)6/h7-8H,1-6H3. The van der Waals surface area contributed by atoms with Gasteiger partial charge in [-0.3, -0.25) is 4.98 Å². The van der Waals surface area contributed by atoms with Crippen molar-refractivity contribution in [3.05, 3.63) is 28.5 Å². The van der Waals surface area contributed by atoms with Crippen LogP contribution in [0.4, 0.5) is 0 Å². The topological polar surface area (TPSA) is 12.9 Å². The maximum Gasteiger partial charge on any atom is 0.0592 e. The van der Waals surface area contributed by atoms with Crippen molar-refractivity contribution < 1.29 is 0 Å². The second-order valence-electron chi connectivity index (χ2n) is 6.05. The van der Waals surface area contributed by atoms with E-state index in [0.717, 1.165) is 5.69 Å². The lowest BCUT2D eigenvalue weighted by atomic mass is 9.78. The summed E-state index contributed by atoms with van der Waals surface area (Å²) >= 11 is 6.01. The third-order valence-corrected chi connectivity index (χ3v) is 2.58. The molecule has 0 aliphatic carbocycles. The van der Waals surface area contributed by atoms with E-state index in [9.17, 15) is 0 Å². The average molecular weight is 226 g/mol. The van der Waals surface area contributed by atoms with Crippen LogP contribution in [-0.2, 0) is 10.8 Å². The number of rotatable bonds is 0. The summed E-state index contributed by atoms with van der Waals surface area (Å²) in [5.41, 5.74) is 2.52. The Morgan fingerprint density at radius 1 is 1.00 bits per heavy atom. The van der Waals surface area contributed by atoms with E-state index >= 15 is 0 Å². The first-order chi connectivity index (χ1) is 6.62. The van der Waals surface area contributed by atoms with Gasteiger partial charge in [-0.2, -0.15) is 0 Å². The molecular formula is C13H20ClN. The van der Waals surface area contributed by atoms with Crippen LogP contribution in [0.5, 0.6) is 0 Å². The number of hydrogen-bond donors (Lipinski definition) is 0. The van der Waals surface area contributed by atoms with Gasteiger partial charge < -0.3 is 0 Å². The molecule has 1 heterocycles. The summed E-state index contributed by atoms with van der Waals surface area (Å²) in [6, 6.07) is 2.04. The highest BCUT2D eigenvalue weighted by molar-refractivity contribution is 6.30. The van der Waals surface area contributed by atoms with E-state index < -0.39 is 0 Å². The van der Waals surface area contributed by atoms with E-state index in [-0.39, 0.29) is 10.8 Å². The summed E-state index contributed by atoms with van der Waals surface area (Å²) in [5, 5.41) is 0.716. The molecule has 0 saturated heterocycles. The first kappa shape index (κ1) is 12.5. The Kier molecular flexibility index (Phi) is 3.16. The third-order valence-electron chi connectivity index (χ3n) is 2.37. The highest BCUT2D eigenvalue weighted by Gasteiger charge is 2.26. The van der Waals surface area contributed by atoms with Gasteiger partial charge in [-0.15, -0.1) is 0 Å². The molecule has 2 heteroatoms. The van der Waals surface area contributed by atoms with Crippen molar-refractivity contribution in [3.8, 4) is 0 Å². The maximum atomic E-state index is 6.01. The lowest BCUT2D eigenvalue weighted by Crippen LogP contribution is -2.23. The predicted molar refractivity (Wildman–Crippen MR) is 66.6 cm³/mol. The molecule has 1 aromatic rings. The molecule has 0 amide bonds.